The van der Waals surface area contributed by atoms with E-state index in [0.717, 1.165) is 31.7 Å². The van der Waals surface area contributed by atoms with E-state index in [1.807, 2.05) is 11.9 Å². The van der Waals surface area contributed by atoms with Gasteiger partial charge in [0.1, 0.15) is 24.7 Å². The van der Waals surface area contributed by atoms with Crippen molar-refractivity contribution in [3.63, 3.8) is 0 Å². The molecule has 1 aliphatic carbocycles. The summed E-state index contributed by atoms with van der Waals surface area (Å²) in [5, 5.41) is 0. The van der Waals surface area contributed by atoms with Crippen LogP contribution in [0.5, 0.6) is 5.75 Å². The summed E-state index contributed by atoms with van der Waals surface area (Å²) in [5.41, 5.74) is 0.432. The summed E-state index contributed by atoms with van der Waals surface area (Å²) >= 11 is 0. The molecule has 1 saturated carbocycles. The normalized spacial score (nSPS) is 25.2. The fourth-order valence-electron chi connectivity index (χ4n) is 5.17. The molecule has 2 aliphatic heterocycles. The van der Waals surface area contributed by atoms with E-state index < -0.39 is 31.0 Å². The maximum atomic E-state index is 12.9. The molecule has 1 aromatic carbocycles. The molecule has 3 aliphatic rings. The molecule has 1 spiro atoms. The smallest absolute Gasteiger partial charge is 0.339 e. The van der Waals surface area contributed by atoms with E-state index >= 15 is 0 Å². The maximum absolute atomic E-state index is 12.9. The van der Waals surface area contributed by atoms with Gasteiger partial charge in [-0.3, -0.25) is 4.79 Å². The lowest BCUT2D eigenvalue weighted by molar-refractivity contribution is -0.137. The van der Waals surface area contributed by atoms with Gasteiger partial charge in [0.05, 0.1) is 5.56 Å². The fraction of sp³-hybridized carbons (Fsp3) is 0.667. The predicted octanol–water partition coefficient (Wildman–Crippen LogP) is 3.48. The van der Waals surface area contributed by atoms with E-state index in [0.29, 0.717) is 31.2 Å². The highest BCUT2D eigenvalue weighted by Gasteiger charge is 2.48. The standard InChI is InChI=1S/C24H32F2N2O4/c1-27(12-13-28-10-2-3-11-28)22(29)17-6-8-24(9-7-17)21-5-4-18(31-19(15-25)16-26)14-20(21)23(30)32-24/h4-5,14,17,19H,2-3,6-13,15-16H2,1H3. The summed E-state index contributed by atoms with van der Waals surface area (Å²) in [4.78, 5) is 29.7. The molecule has 0 N–H and O–H groups in total. The zero-order valence-electron chi connectivity index (χ0n) is 18.7. The number of rotatable bonds is 8. The van der Waals surface area contributed by atoms with E-state index in [-0.39, 0.29) is 17.6 Å². The van der Waals surface area contributed by atoms with Gasteiger partial charge < -0.3 is 19.3 Å². The molecule has 0 radical (unpaired) electrons. The van der Waals surface area contributed by atoms with Gasteiger partial charge >= 0.3 is 5.97 Å². The van der Waals surface area contributed by atoms with Gasteiger partial charge in [0.25, 0.3) is 0 Å². The number of ether oxygens (including phenoxy) is 2. The van der Waals surface area contributed by atoms with Gasteiger partial charge in [0.2, 0.25) is 5.91 Å². The van der Waals surface area contributed by atoms with Gasteiger partial charge in [-0.1, -0.05) is 6.07 Å². The molecular formula is C24H32F2N2O4. The minimum atomic E-state index is -1.18. The second-order valence-corrected chi connectivity index (χ2v) is 9.22. The number of nitrogens with zero attached hydrogens (tertiary/aromatic N) is 2. The van der Waals surface area contributed by atoms with Crippen molar-refractivity contribution in [1.29, 1.82) is 0 Å². The lowest BCUT2D eigenvalue weighted by Crippen LogP contribution is -2.41. The minimum Gasteiger partial charge on any atom is -0.485 e. The van der Waals surface area contributed by atoms with Crippen LogP contribution in [0.4, 0.5) is 8.78 Å². The summed E-state index contributed by atoms with van der Waals surface area (Å²) < 4.78 is 36.6. The average Bonchev–Trinajstić information content (AvgIpc) is 3.42. The van der Waals surface area contributed by atoms with Crippen LogP contribution in [0.15, 0.2) is 18.2 Å². The van der Waals surface area contributed by atoms with Gasteiger partial charge in [-0.15, -0.1) is 0 Å². The Labute approximate surface area is 187 Å². The third kappa shape index (κ3) is 4.60. The molecule has 8 heteroatoms. The van der Waals surface area contributed by atoms with Gasteiger partial charge in [-0.25, -0.2) is 13.6 Å². The zero-order chi connectivity index (χ0) is 22.7. The summed E-state index contributed by atoms with van der Waals surface area (Å²) in [7, 11) is 1.87. The summed E-state index contributed by atoms with van der Waals surface area (Å²) in [6.45, 7) is 2.01. The Morgan fingerprint density at radius 3 is 2.59 bits per heavy atom. The number of carbonyl (C=O) groups excluding carboxylic acids is 2. The quantitative estimate of drug-likeness (QED) is 0.568. The van der Waals surface area contributed by atoms with Crippen LogP contribution < -0.4 is 4.74 Å². The number of hydrogen-bond donors (Lipinski definition) is 0. The van der Waals surface area contributed by atoms with Crippen LogP contribution in [0.1, 0.15) is 54.4 Å². The van der Waals surface area contributed by atoms with Gasteiger partial charge in [-0.2, -0.15) is 0 Å². The number of benzene rings is 1. The van der Waals surface area contributed by atoms with E-state index in [4.69, 9.17) is 9.47 Å². The molecule has 176 valence electrons. The van der Waals surface area contributed by atoms with E-state index in [1.54, 1.807) is 12.1 Å². The molecule has 0 atom stereocenters. The second-order valence-electron chi connectivity index (χ2n) is 9.22. The van der Waals surface area contributed by atoms with Crippen LogP contribution in [0.2, 0.25) is 0 Å². The number of fused-ring (bicyclic) bond motifs is 2. The highest BCUT2D eigenvalue weighted by molar-refractivity contribution is 5.95. The molecule has 1 saturated heterocycles. The van der Waals surface area contributed by atoms with Gasteiger partial charge in [0.15, 0.2) is 6.10 Å². The fourth-order valence-corrected chi connectivity index (χ4v) is 5.17. The summed E-state index contributed by atoms with van der Waals surface area (Å²) in [5.74, 6) is -0.100. The molecule has 32 heavy (non-hydrogen) atoms. The highest BCUT2D eigenvalue weighted by Crippen LogP contribution is 2.49. The average molecular weight is 451 g/mol. The number of likely N-dealkylation sites (tertiary alicyclic amines) is 1. The summed E-state index contributed by atoms with van der Waals surface area (Å²) in [6, 6.07) is 4.89. The second kappa shape index (κ2) is 9.73. The first-order valence-corrected chi connectivity index (χ1v) is 11.6. The first-order chi connectivity index (χ1) is 15.5. The van der Waals surface area contributed by atoms with Crippen LogP contribution in [0, 0.1) is 5.92 Å². The molecule has 1 aromatic rings. The van der Waals surface area contributed by atoms with Gasteiger partial charge in [0, 0.05) is 31.6 Å². The van der Waals surface area contributed by atoms with E-state index in [1.165, 1.54) is 18.9 Å². The molecule has 6 nitrogen and oxygen atoms in total. The number of halogens is 2. The highest BCUT2D eigenvalue weighted by atomic mass is 19.1. The van der Waals surface area contributed by atoms with Crippen molar-refractivity contribution in [2.75, 3.05) is 46.6 Å². The summed E-state index contributed by atoms with van der Waals surface area (Å²) in [6.07, 6.45) is 3.78. The molecule has 0 unspecified atom stereocenters. The molecular weight excluding hydrogens is 418 g/mol. The Morgan fingerprint density at radius 1 is 1.25 bits per heavy atom. The van der Waals surface area contributed by atoms with Crippen molar-refractivity contribution in [1.82, 2.24) is 9.80 Å². The lowest BCUT2D eigenvalue weighted by Gasteiger charge is -2.37. The Bertz CT molecular complexity index is 831. The largest absolute Gasteiger partial charge is 0.485 e. The van der Waals surface area contributed by atoms with Crippen LogP contribution in [0.3, 0.4) is 0 Å². The van der Waals surface area contributed by atoms with E-state index in [9.17, 15) is 18.4 Å². The van der Waals surface area contributed by atoms with Crippen molar-refractivity contribution in [2.45, 2.75) is 50.2 Å². The van der Waals surface area contributed by atoms with Crippen LogP contribution in [-0.4, -0.2) is 74.4 Å². The molecule has 0 bridgehead atoms. The lowest BCUT2D eigenvalue weighted by atomic mass is 9.74. The Balaban J connectivity index is 1.37. The molecule has 0 aromatic heterocycles. The van der Waals surface area contributed by atoms with E-state index in [2.05, 4.69) is 4.90 Å². The minimum absolute atomic E-state index is 0.0653. The third-order valence-electron chi connectivity index (χ3n) is 7.11. The Hall–Kier alpha value is -2.22. The Morgan fingerprint density at radius 2 is 1.94 bits per heavy atom. The van der Waals surface area contributed by atoms with Crippen molar-refractivity contribution >= 4 is 11.9 Å². The Kier molecular flexibility index (Phi) is 6.98. The van der Waals surface area contributed by atoms with Crippen molar-refractivity contribution in [3.8, 4) is 5.75 Å². The van der Waals surface area contributed by atoms with Crippen LogP contribution in [-0.2, 0) is 15.1 Å². The number of likely N-dealkylation sites (N-methyl/N-ethyl adjacent to an activating group) is 1. The van der Waals surface area contributed by atoms with Crippen molar-refractivity contribution in [3.05, 3.63) is 29.3 Å². The van der Waals surface area contributed by atoms with Crippen LogP contribution in [0.25, 0.3) is 0 Å². The van der Waals surface area contributed by atoms with Crippen molar-refractivity contribution in [2.24, 2.45) is 5.92 Å². The molecule has 4 rings (SSSR count). The predicted molar refractivity (Wildman–Crippen MR) is 115 cm³/mol. The van der Waals surface area contributed by atoms with Gasteiger partial charge in [-0.05, 0) is 63.7 Å². The molecule has 2 fully saturated rings. The zero-order valence-corrected chi connectivity index (χ0v) is 18.7. The van der Waals surface area contributed by atoms with Crippen molar-refractivity contribution < 1.29 is 27.8 Å². The molecule has 2 heterocycles. The number of amides is 1. The SMILES string of the molecule is CN(CCN1CCCC1)C(=O)C1CCC2(CC1)OC(=O)c1cc(OC(CF)CF)ccc12. The number of carbonyl (C=O) groups is 2. The monoisotopic (exact) mass is 450 g/mol. The molecule has 1 amide bonds. The maximum Gasteiger partial charge on any atom is 0.339 e. The van der Waals surface area contributed by atoms with Crippen LogP contribution >= 0.6 is 0 Å². The number of hydrogen-bond acceptors (Lipinski definition) is 5. The first kappa shape index (κ1) is 23.0. The topological polar surface area (TPSA) is 59.1 Å². The third-order valence-corrected chi connectivity index (χ3v) is 7.11. The number of alkyl halides is 2. The first-order valence-electron chi connectivity index (χ1n) is 11.6. The number of esters is 1.